The van der Waals surface area contributed by atoms with Crippen molar-refractivity contribution in [3.8, 4) is 0 Å². The van der Waals surface area contributed by atoms with Crippen molar-refractivity contribution in [2.45, 2.75) is 19.2 Å². The van der Waals surface area contributed by atoms with E-state index in [1.54, 1.807) is 0 Å². The number of amides is 2. The molecule has 1 aliphatic rings. The average Bonchev–Trinajstić information content (AvgIpc) is 1.80. The smallest absolute Gasteiger partial charge is 0.226 e. The molecule has 1 rings (SSSR count). The van der Waals surface area contributed by atoms with Crippen LogP contribution in [0.4, 0.5) is 0 Å². The van der Waals surface area contributed by atoms with Crippen LogP contribution in [0, 0.1) is 0 Å². The lowest BCUT2D eigenvalue weighted by molar-refractivity contribution is -0.132. The summed E-state index contributed by atoms with van der Waals surface area (Å²) in [5.41, 5.74) is 0. The zero-order valence-corrected chi connectivity index (χ0v) is 4.31. The number of carbonyl (C=O) groups excluding carboxylic acids is 2. The molecule has 0 saturated carbocycles. The zero-order valence-electron chi connectivity index (χ0n) is 5.31. The fraction of sp³-hybridized carbons (Fsp3) is 0.600. The van der Waals surface area contributed by atoms with Gasteiger partial charge in [-0.15, -0.1) is 0 Å². The van der Waals surface area contributed by atoms with E-state index in [1.165, 1.54) is 0 Å². The highest BCUT2D eigenvalue weighted by Crippen LogP contribution is 2.00. The molecule has 8 heavy (non-hydrogen) atoms. The number of imide groups is 1. The van der Waals surface area contributed by atoms with Gasteiger partial charge in [0.1, 0.15) is 0 Å². The fourth-order valence-electron chi connectivity index (χ4n) is 0.585. The molecule has 0 spiro atoms. The summed E-state index contributed by atoms with van der Waals surface area (Å²) >= 11 is 0. The van der Waals surface area contributed by atoms with Gasteiger partial charge in [0.05, 0.1) is 0 Å². The average molecular weight is 114 g/mol. The third-order valence-electron chi connectivity index (χ3n) is 0.964. The Morgan fingerprint density at radius 1 is 1.50 bits per heavy atom. The number of rotatable bonds is 0. The molecule has 2 amide bonds. The first kappa shape index (κ1) is 4.06. The first-order chi connectivity index (χ1) is 4.20. The summed E-state index contributed by atoms with van der Waals surface area (Å²) in [5, 5.41) is 2.06. The van der Waals surface area contributed by atoms with E-state index in [2.05, 4.69) is 5.32 Å². The molecule has 1 N–H and O–H groups in total. The predicted molar refractivity (Wildman–Crippen MR) is 27.0 cm³/mol. The topological polar surface area (TPSA) is 46.2 Å². The standard InChI is InChI=1S/C5H7NO2/c7-4-2-1-3-5(8)6-4/h1-3H2,(H,6,7,8)/i2D. The summed E-state index contributed by atoms with van der Waals surface area (Å²) in [5.74, 6) is -0.727. The molecule has 1 saturated heterocycles. The van der Waals surface area contributed by atoms with E-state index in [1.807, 2.05) is 0 Å². The van der Waals surface area contributed by atoms with E-state index in [0.717, 1.165) is 0 Å². The van der Waals surface area contributed by atoms with Crippen LogP contribution in [-0.2, 0) is 9.59 Å². The van der Waals surface area contributed by atoms with Crippen LogP contribution < -0.4 is 5.32 Å². The maximum atomic E-state index is 10.5. The van der Waals surface area contributed by atoms with Crippen LogP contribution in [0.25, 0.3) is 0 Å². The van der Waals surface area contributed by atoms with Crippen molar-refractivity contribution in [3.63, 3.8) is 0 Å². The van der Waals surface area contributed by atoms with Gasteiger partial charge in [0.25, 0.3) is 0 Å². The SMILES string of the molecule is [2H]C1CCC(=O)NC1=O. The quantitative estimate of drug-likeness (QED) is 0.444. The number of hydrogen-bond acceptors (Lipinski definition) is 2. The summed E-state index contributed by atoms with van der Waals surface area (Å²) < 4.78 is 7.00. The van der Waals surface area contributed by atoms with Crippen molar-refractivity contribution < 1.29 is 11.0 Å². The molecule has 0 aliphatic carbocycles. The van der Waals surface area contributed by atoms with E-state index in [0.29, 0.717) is 12.8 Å². The van der Waals surface area contributed by atoms with E-state index >= 15 is 0 Å². The predicted octanol–water partition coefficient (Wildman–Crippen LogP) is -0.187. The Bertz CT molecular complexity index is 157. The third-order valence-corrected chi connectivity index (χ3v) is 0.964. The van der Waals surface area contributed by atoms with Gasteiger partial charge in [-0.3, -0.25) is 14.9 Å². The fourth-order valence-corrected chi connectivity index (χ4v) is 0.585. The van der Waals surface area contributed by atoms with Crippen molar-refractivity contribution in [1.82, 2.24) is 5.32 Å². The molecule has 1 heterocycles. The van der Waals surface area contributed by atoms with Crippen LogP contribution in [0.5, 0.6) is 0 Å². The van der Waals surface area contributed by atoms with Crippen molar-refractivity contribution >= 4 is 11.8 Å². The van der Waals surface area contributed by atoms with Gasteiger partial charge in [-0.2, -0.15) is 0 Å². The molecular weight excluding hydrogens is 106 g/mol. The van der Waals surface area contributed by atoms with E-state index in [-0.39, 0.29) is 5.91 Å². The van der Waals surface area contributed by atoms with Gasteiger partial charge in [0.15, 0.2) is 0 Å². The molecule has 3 nitrogen and oxygen atoms in total. The van der Waals surface area contributed by atoms with Gasteiger partial charge in [-0.1, -0.05) is 0 Å². The van der Waals surface area contributed by atoms with E-state index in [4.69, 9.17) is 1.37 Å². The highest BCUT2D eigenvalue weighted by Gasteiger charge is 2.12. The minimum atomic E-state index is -0.734. The lowest BCUT2D eigenvalue weighted by Crippen LogP contribution is -2.33. The molecule has 0 bridgehead atoms. The highest BCUT2D eigenvalue weighted by molar-refractivity contribution is 5.97. The molecular formula is C5H7NO2. The molecule has 0 aromatic heterocycles. The zero-order chi connectivity index (χ0) is 6.85. The number of hydrogen-bond donors (Lipinski definition) is 1. The normalized spacial score (nSPS) is 31.5. The number of carbonyl (C=O) groups is 2. The lowest BCUT2D eigenvalue weighted by atomic mass is 10.1. The van der Waals surface area contributed by atoms with Gasteiger partial charge in [0.2, 0.25) is 11.8 Å². The van der Waals surface area contributed by atoms with Gasteiger partial charge in [0, 0.05) is 14.2 Å². The Hall–Kier alpha value is -0.860. The lowest BCUT2D eigenvalue weighted by Gasteiger charge is -2.07. The Morgan fingerprint density at radius 2 is 2.25 bits per heavy atom. The summed E-state index contributed by atoms with van der Waals surface area (Å²) in [6.07, 6.45) is -0.0624. The first-order valence-corrected chi connectivity index (χ1v) is 2.46. The Balaban J connectivity index is 2.54. The minimum absolute atomic E-state index is 0.261. The maximum absolute atomic E-state index is 10.5. The summed E-state index contributed by atoms with van der Waals surface area (Å²) in [6.45, 7) is 0. The Labute approximate surface area is 48.5 Å². The molecule has 1 aliphatic heterocycles. The van der Waals surface area contributed by atoms with Crippen LogP contribution in [0.1, 0.15) is 20.6 Å². The molecule has 3 heteroatoms. The molecule has 1 fully saturated rings. The van der Waals surface area contributed by atoms with Crippen LogP contribution >= 0.6 is 0 Å². The van der Waals surface area contributed by atoms with Gasteiger partial charge in [-0.05, 0) is 6.42 Å². The van der Waals surface area contributed by atoms with Gasteiger partial charge in [-0.25, -0.2) is 0 Å². The van der Waals surface area contributed by atoms with Gasteiger partial charge >= 0.3 is 0 Å². The largest absolute Gasteiger partial charge is 0.296 e. The molecule has 1 unspecified atom stereocenters. The van der Waals surface area contributed by atoms with E-state index < -0.39 is 12.3 Å². The second-order valence-corrected chi connectivity index (χ2v) is 1.66. The highest BCUT2D eigenvalue weighted by atomic mass is 16.2. The van der Waals surface area contributed by atoms with Gasteiger partial charge < -0.3 is 0 Å². The summed E-state index contributed by atoms with van der Waals surface area (Å²) in [7, 11) is 0. The molecule has 0 aromatic carbocycles. The van der Waals surface area contributed by atoms with Crippen molar-refractivity contribution in [1.29, 1.82) is 0 Å². The minimum Gasteiger partial charge on any atom is -0.296 e. The van der Waals surface area contributed by atoms with Crippen molar-refractivity contribution in [2.75, 3.05) is 0 Å². The van der Waals surface area contributed by atoms with Crippen LogP contribution in [0.3, 0.4) is 0 Å². The molecule has 1 atom stereocenters. The summed E-state index contributed by atoms with van der Waals surface area (Å²) in [6, 6.07) is 0. The summed E-state index contributed by atoms with van der Waals surface area (Å²) in [4.78, 5) is 20.9. The monoisotopic (exact) mass is 114 g/mol. The second kappa shape index (κ2) is 1.94. The first-order valence-electron chi connectivity index (χ1n) is 3.04. The second-order valence-electron chi connectivity index (χ2n) is 1.66. The van der Waals surface area contributed by atoms with Crippen molar-refractivity contribution in [2.24, 2.45) is 0 Å². The number of piperidine rings is 1. The van der Waals surface area contributed by atoms with Crippen LogP contribution in [-0.4, -0.2) is 11.8 Å². The van der Waals surface area contributed by atoms with E-state index in [9.17, 15) is 9.59 Å². The van der Waals surface area contributed by atoms with Crippen LogP contribution in [0.2, 0.25) is 0 Å². The molecule has 0 aromatic rings. The third kappa shape index (κ3) is 1.05. The Kier molecular flexibility index (Phi) is 0.986. The molecule has 0 radical (unpaired) electrons. The maximum Gasteiger partial charge on any atom is 0.226 e. The Morgan fingerprint density at radius 3 is 2.75 bits per heavy atom. The van der Waals surface area contributed by atoms with Crippen molar-refractivity contribution in [3.05, 3.63) is 0 Å². The van der Waals surface area contributed by atoms with Crippen LogP contribution in [0.15, 0.2) is 0 Å². The number of nitrogens with one attached hydrogen (secondary N) is 1. The molecule has 44 valence electrons.